The molecule has 80 heavy (non-hydrogen) atoms. The van der Waals surface area contributed by atoms with Gasteiger partial charge in [-0.1, -0.05) is 318 Å². The third kappa shape index (κ3) is 65.4. The van der Waals surface area contributed by atoms with Crippen LogP contribution in [-0.2, 0) is 28.6 Å². The van der Waals surface area contributed by atoms with Crippen LogP contribution >= 0.6 is 0 Å². The molecule has 0 aromatic carbocycles. The van der Waals surface area contributed by atoms with Crippen LogP contribution in [0.25, 0.3) is 0 Å². The second-order valence-electron chi connectivity index (χ2n) is 23.1. The van der Waals surface area contributed by atoms with Crippen molar-refractivity contribution in [2.45, 2.75) is 354 Å². The summed E-state index contributed by atoms with van der Waals surface area (Å²) in [6.45, 7) is 6.54. The molecule has 0 aliphatic rings. The number of allylic oxidation sites excluding steroid dienone is 14. The molecule has 0 fully saturated rings. The van der Waals surface area contributed by atoms with Crippen LogP contribution in [-0.4, -0.2) is 37.2 Å². The first kappa shape index (κ1) is 76.6. The van der Waals surface area contributed by atoms with Crippen molar-refractivity contribution >= 4 is 17.9 Å². The minimum absolute atomic E-state index is 0.0765. The minimum Gasteiger partial charge on any atom is -0.462 e. The van der Waals surface area contributed by atoms with Crippen molar-refractivity contribution in [3.05, 3.63) is 85.1 Å². The van der Waals surface area contributed by atoms with Crippen molar-refractivity contribution in [3.63, 3.8) is 0 Å². The van der Waals surface area contributed by atoms with Crippen molar-refractivity contribution in [1.29, 1.82) is 0 Å². The van der Waals surface area contributed by atoms with Gasteiger partial charge in [0, 0.05) is 19.3 Å². The van der Waals surface area contributed by atoms with E-state index >= 15 is 0 Å². The zero-order valence-corrected chi connectivity index (χ0v) is 53.1. The lowest BCUT2D eigenvalue weighted by Crippen LogP contribution is -2.30. The number of unbranched alkanes of at least 4 members (excludes halogenated alkanes) is 38. The van der Waals surface area contributed by atoms with Gasteiger partial charge < -0.3 is 14.2 Å². The predicted octanol–water partition coefficient (Wildman–Crippen LogP) is 23.8. The third-order valence-corrected chi connectivity index (χ3v) is 15.1. The van der Waals surface area contributed by atoms with Crippen LogP contribution in [0.15, 0.2) is 85.1 Å². The van der Waals surface area contributed by atoms with Crippen molar-refractivity contribution < 1.29 is 28.6 Å². The van der Waals surface area contributed by atoms with E-state index in [1.54, 1.807) is 0 Å². The smallest absolute Gasteiger partial charge is 0.306 e. The standard InChI is InChI=1S/C74H130O6/c1-4-7-10-13-16-19-22-25-28-30-31-32-33-34-35-36-37-38-39-40-41-42-43-44-47-49-52-55-58-61-64-67-73(76)79-70-71(69-78-72(75)66-63-60-57-54-51-48-45-27-24-21-18-15-12-9-6-3)80-74(77)68-65-62-59-56-53-50-46-29-26-23-20-17-14-11-8-5-2/h7,10,16,18-19,21,25,27-28,31-32,34-35,45,71H,4-6,8-9,11-15,17,20,22-24,26,29-30,33,36-44,46-70H2,1-3H3/b10-7-,19-16-,21-18-,28-25-,32-31-,35-34-,45-27-. The first-order chi connectivity index (χ1) is 39.5. The molecule has 0 saturated carbocycles. The van der Waals surface area contributed by atoms with E-state index in [-0.39, 0.29) is 31.1 Å². The molecule has 6 heteroatoms. The zero-order chi connectivity index (χ0) is 57.8. The van der Waals surface area contributed by atoms with E-state index in [4.69, 9.17) is 14.2 Å². The van der Waals surface area contributed by atoms with Crippen molar-refractivity contribution in [3.8, 4) is 0 Å². The van der Waals surface area contributed by atoms with Crippen LogP contribution in [0.2, 0.25) is 0 Å². The number of ether oxygens (including phenoxy) is 3. The Hall–Kier alpha value is -3.41. The van der Waals surface area contributed by atoms with E-state index in [0.717, 1.165) is 109 Å². The lowest BCUT2D eigenvalue weighted by Gasteiger charge is -2.18. The molecule has 0 aromatic rings. The van der Waals surface area contributed by atoms with Crippen molar-refractivity contribution in [2.75, 3.05) is 13.2 Å². The molecule has 0 spiro atoms. The molecular formula is C74H130O6. The van der Waals surface area contributed by atoms with Gasteiger partial charge in [0.05, 0.1) is 0 Å². The summed E-state index contributed by atoms with van der Waals surface area (Å²) in [6.07, 6.45) is 90.3. The molecule has 0 aliphatic heterocycles. The maximum atomic E-state index is 12.9. The maximum absolute atomic E-state index is 12.9. The lowest BCUT2D eigenvalue weighted by atomic mass is 10.0. The Bertz CT molecular complexity index is 1520. The monoisotopic (exact) mass is 1110 g/mol. The second-order valence-corrected chi connectivity index (χ2v) is 23.1. The van der Waals surface area contributed by atoms with Crippen LogP contribution in [0, 0.1) is 0 Å². The first-order valence-corrected chi connectivity index (χ1v) is 34.6. The highest BCUT2D eigenvalue weighted by Crippen LogP contribution is 2.17. The maximum Gasteiger partial charge on any atom is 0.306 e. The molecule has 0 N–H and O–H groups in total. The molecule has 1 atom stereocenters. The Balaban J connectivity index is 4.22. The average Bonchev–Trinajstić information content (AvgIpc) is 3.46. The van der Waals surface area contributed by atoms with E-state index in [0.29, 0.717) is 19.3 Å². The summed E-state index contributed by atoms with van der Waals surface area (Å²) in [4.78, 5) is 38.4. The number of carbonyl (C=O) groups is 3. The minimum atomic E-state index is -0.780. The van der Waals surface area contributed by atoms with E-state index in [2.05, 4.69) is 106 Å². The fraction of sp³-hybridized carbons (Fsp3) is 0.770. The Morgan fingerprint density at radius 3 is 0.787 bits per heavy atom. The molecular weight excluding hydrogens is 985 g/mol. The Labute approximate surface area is 496 Å². The van der Waals surface area contributed by atoms with Crippen LogP contribution in [0.1, 0.15) is 348 Å². The van der Waals surface area contributed by atoms with Gasteiger partial charge in [0.25, 0.3) is 0 Å². The molecule has 0 aliphatic carbocycles. The lowest BCUT2D eigenvalue weighted by molar-refractivity contribution is -0.167. The quantitative estimate of drug-likeness (QED) is 0.0261. The van der Waals surface area contributed by atoms with Gasteiger partial charge in [-0.2, -0.15) is 0 Å². The van der Waals surface area contributed by atoms with Gasteiger partial charge in [-0.15, -0.1) is 0 Å². The molecule has 0 heterocycles. The molecule has 0 radical (unpaired) electrons. The molecule has 1 unspecified atom stereocenters. The van der Waals surface area contributed by atoms with Gasteiger partial charge in [-0.3, -0.25) is 14.4 Å². The van der Waals surface area contributed by atoms with Gasteiger partial charge in [-0.05, 0) is 96.3 Å². The zero-order valence-electron chi connectivity index (χ0n) is 53.1. The summed E-state index contributed by atoms with van der Waals surface area (Å²) < 4.78 is 17.0. The molecule has 0 amide bonds. The molecule has 0 rings (SSSR count). The predicted molar refractivity (Wildman–Crippen MR) is 348 cm³/mol. The average molecular weight is 1120 g/mol. The number of hydrogen-bond donors (Lipinski definition) is 0. The van der Waals surface area contributed by atoms with Gasteiger partial charge in [0.15, 0.2) is 6.10 Å². The van der Waals surface area contributed by atoms with Crippen LogP contribution < -0.4 is 0 Å². The van der Waals surface area contributed by atoms with Gasteiger partial charge in [-0.25, -0.2) is 0 Å². The normalized spacial score (nSPS) is 12.6. The summed E-state index contributed by atoms with van der Waals surface area (Å²) in [5.74, 6) is -0.871. The molecule has 6 nitrogen and oxygen atoms in total. The van der Waals surface area contributed by atoms with Gasteiger partial charge in [0.1, 0.15) is 13.2 Å². The van der Waals surface area contributed by atoms with Gasteiger partial charge in [0.2, 0.25) is 0 Å². The van der Waals surface area contributed by atoms with Crippen LogP contribution in [0.4, 0.5) is 0 Å². The van der Waals surface area contributed by atoms with Crippen LogP contribution in [0.5, 0.6) is 0 Å². The Morgan fingerprint density at radius 1 is 0.263 bits per heavy atom. The number of carbonyl (C=O) groups excluding carboxylic acids is 3. The number of rotatable bonds is 63. The van der Waals surface area contributed by atoms with Crippen molar-refractivity contribution in [2.24, 2.45) is 0 Å². The molecule has 0 bridgehead atoms. The van der Waals surface area contributed by atoms with E-state index < -0.39 is 6.10 Å². The summed E-state index contributed by atoms with van der Waals surface area (Å²) in [7, 11) is 0. The molecule has 0 saturated heterocycles. The Kier molecular flexibility index (Phi) is 65.2. The summed E-state index contributed by atoms with van der Waals surface area (Å²) >= 11 is 0. The van der Waals surface area contributed by atoms with Crippen LogP contribution in [0.3, 0.4) is 0 Å². The fourth-order valence-corrected chi connectivity index (χ4v) is 9.97. The third-order valence-electron chi connectivity index (χ3n) is 15.1. The molecule has 462 valence electrons. The van der Waals surface area contributed by atoms with E-state index in [1.165, 1.54) is 199 Å². The van der Waals surface area contributed by atoms with E-state index in [9.17, 15) is 14.4 Å². The molecule has 0 aromatic heterocycles. The summed E-state index contributed by atoms with van der Waals surface area (Å²) in [5.41, 5.74) is 0. The first-order valence-electron chi connectivity index (χ1n) is 34.6. The second kappa shape index (κ2) is 68.1. The van der Waals surface area contributed by atoms with E-state index in [1.807, 2.05) is 0 Å². The topological polar surface area (TPSA) is 78.9 Å². The fourth-order valence-electron chi connectivity index (χ4n) is 9.97. The number of esters is 3. The Morgan fingerprint density at radius 2 is 0.487 bits per heavy atom. The largest absolute Gasteiger partial charge is 0.462 e. The number of hydrogen-bond acceptors (Lipinski definition) is 6. The summed E-state index contributed by atoms with van der Waals surface area (Å²) in [5, 5.41) is 0. The summed E-state index contributed by atoms with van der Waals surface area (Å²) in [6, 6.07) is 0. The SMILES string of the molecule is CC/C=C\C/C=C\C/C=C\C/C=C\C/C=C\CCCCCCCCCCCCCCCCCC(=O)OCC(COC(=O)CCCCCCC/C=C\C/C=C\CCCCC)OC(=O)CCCCCCCCCCCCCCCCCC. The highest BCUT2D eigenvalue weighted by molar-refractivity contribution is 5.71. The van der Waals surface area contributed by atoms with Crippen molar-refractivity contribution in [1.82, 2.24) is 0 Å². The van der Waals surface area contributed by atoms with Gasteiger partial charge >= 0.3 is 17.9 Å². The highest BCUT2D eigenvalue weighted by atomic mass is 16.6. The highest BCUT2D eigenvalue weighted by Gasteiger charge is 2.19.